The van der Waals surface area contributed by atoms with Gasteiger partial charge in [-0.25, -0.2) is 0 Å². The lowest BCUT2D eigenvalue weighted by atomic mass is 9.91. The van der Waals surface area contributed by atoms with E-state index in [0.29, 0.717) is 11.1 Å². The molecular weight excluding hydrogens is 447 g/mol. The van der Waals surface area contributed by atoms with Gasteiger partial charge in [0, 0.05) is 11.0 Å². The number of carbonyl (C=O) groups excluding carboxylic acids is 1. The Labute approximate surface area is 194 Å². The van der Waals surface area contributed by atoms with Crippen LogP contribution in [-0.4, -0.2) is 43.4 Å². The normalized spacial score (nSPS) is 24.2. The Balaban J connectivity index is 2.24. The van der Waals surface area contributed by atoms with Crippen LogP contribution in [0.3, 0.4) is 0 Å². The zero-order chi connectivity index (χ0) is 24.7. The molecule has 2 aromatic rings. The minimum Gasteiger partial charge on any atom is -0.382 e. The van der Waals surface area contributed by atoms with E-state index in [4.69, 9.17) is 9.16 Å². The molecule has 0 aromatic heterocycles. The summed E-state index contributed by atoms with van der Waals surface area (Å²) in [5, 5.41) is 0. The van der Waals surface area contributed by atoms with Gasteiger partial charge in [-0.15, -0.1) is 0 Å². The second-order valence-electron chi connectivity index (χ2n) is 10.5. The summed E-state index contributed by atoms with van der Waals surface area (Å²) in [5.74, 6) is -3.45. The van der Waals surface area contributed by atoms with Gasteiger partial charge in [0.25, 0.3) is 11.7 Å². The number of halogens is 3. The van der Waals surface area contributed by atoms with Crippen molar-refractivity contribution in [1.29, 1.82) is 0 Å². The van der Waals surface area contributed by atoms with Crippen molar-refractivity contribution in [3.8, 4) is 0 Å². The molecule has 0 saturated carbocycles. The van der Waals surface area contributed by atoms with Crippen LogP contribution in [0.15, 0.2) is 60.7 Å². The molecule has 3 atom stereocenters. The first-order chi connectivity index (χ1) is 15.2. The Bertz CT molecular complexity index is 955. The first-order valence-corrected chi connectivity index (χ1v) is 14.4. The predicted molar refractivity (Wildman–Crippen MR) is 124 cm³/mol. The lowest BCUT2D eigenvalue weighted by Crippen LogP contribution is -2.62. The largest absolute Gasteiger partial charge is 0.444 e. The fourth-order valence-electron chi connectivity index (χ4n) is 4.15. The van der Waals surface area contributed by atoms with E-state index in [1.54, 1.807) is 101 Å². The van der Waals surface area contributed by atoms with Gasteiger partial charge in [-0.1, -0.05) is 69.3 Å². The van der Waals surface area contributed by atoms with Crippen molar-refractivity contribution in [1.82, 2.24) is 4.90 Å². The van der Waals surface area contributed by atoms with E-state index in [0.717, 1.165) is 0 Å². The molecule has 0 bridgehead atoms. The Morgan fingerprint density at radius 3 is 1.97 bits per heavy atom. The molecule has 0 spiro atoms. The summed E-state index contributed by atoms with van der Waals surface area (Å²) in [6.07, 6.45) is -6.06. The average Bonchev–Trinajstić information content (AvgIpc) is 3.03. The molecule has 3 rings (SSSR count). The van der Waals surface area contributed by atoms with E-state index in [1.165, 1.54) is 4.90 Å². The van der Waals surface area contributed by atoms with Crippen molar-refractivity contribution >= 4 is 14.2 Å². The highest BCUT2D eigenvalue weighted by Crippen LogP contribution is 2.51. The van der Waals surface area contributed by atoms with E-state index in [1.807, 2.05) is 0 Å². The Morgan fingerprint density at radius 1 is 1.00 bits per heavy atom. The van der Waals surface area contributed by atoms with Gasteiger partial charge in [0.1, 0.15) is 12.3 Å². The van der Waals surface area contributed by atoms with Gasteiger partial charge in [-0.05, 0) is 43.8 Å². The van der Waals surface area contributed by atoms with Crippen molar-refractivity contribution in [2.24, 2.45) is 5.41 Å². The summed E-state index contributed by atoms with van der Waals surface area (Å²) in [6, 6.07) is 15.8. The molecule has 0 N–H and O–H groups in total. The molecule has 8 heteroatoms. The molecule has 1 saturated heterocycles. The summed E-state index contributed by atoms with van der Waals surface area (Å²) < 4.78 is 56.6. The molecule has 0 aliphatic carbocycles. The Morgan fingerprint density at radius 2 is 1.52 bits per heavy atom. The monoisotopic (exact) mass is 479 g/mol. The highest BCUT2D eigenvalue weighted by molar-refractivity contribution is 6.69. The summed E-state index contributed by atoms with van der Waals surface area (Å²) in [5.41, 5.74) is 0.175. The number of hydrogen-bond acceptors (Lipinski definition) is 3. The van der Waals surface area contributed by atoms with Crippen LogP contribution in [-0.2, 0) is 15.6 Å². The zero-order valence-electron chi connectivity index (χ0n) is 19.9. The van der Waals surface area contributed by atoms with Crippen molar-refractivity contribution in [2.75, 3.05) is 0 Å². The molecule has 0 unspecified atom stereocenters. The molecule has 180 valence electrons. The lowest BCUT2D eigenvalue weighted by molar-refractivity contribution is -0.357. The maximum atomic E-state index is 14.9. The SMILES string of the molecule is CC(C)(C)[C@@H]1O[C@@](O[Si](C)(C)C)(C(F)(F)F)[C@H](Cc2ccccc2)N1C(=O)c1ccccc1. The third kappa shape index (κ3) is 5.33. The third-order valence-corrected chi connectivity index (χ3v) is 6.35. The van der Waals surface area contributed by atoms with Gasteiger partial charge in [-0.3, -0.25) is 4.79 Å². The highest BCUT2D eigenvalue weighted by atomic mass is 28.4. The molecule has 33 heavy (non-hydrogen) atoms. The van der Waals surface area contributed by atoms with Gasteiger partial charge in [0.05, 0.1) is 0 Å². The molecular formula is C25H32F3NO3Si. The Kier molecular flexibility index (Phi) is 6.86. The van der Waals surface area contributed by atoms with Crippen LogP contribution in [0.1, 0.15) is 36.7 Å². The molecule has 1 aliphatic heterocycles. The number of rotatable bonds is 5. The van der Waals surface area contributed by atoms with Crippen LogP contribution < -0.4 is 0 Å². The summed E-state index contributed by atoms with van der Waals surface area (Å²) in [7, 11) is -2.78. The van der Waals surface area contributed by atoms with Crippen LogP contribution in [0.4, 0.5) is 13.2 Å². The number of nitrogens with zero attached hydrogens (tertiary/aromatic N) is 1. The van der Waals surface area contributed by atoms with Gasteiger partial charge >= 0.3 is 6.18 Å². The standard InChI is InChI=1S/C25H32F3NO3Si/c1-23(2,3)22-29(21(30)19-15-11-8-12-16-19)20(17-18-13-9-7-10-14-18)24(31-22,25(26,27)28)32-33(4,5)6/h7-16,20,22H,17H2,1-6H3/t20-,22-,24-/m0/s1. The minimum atomic E-state index is -4.86. The van der Waals surface area contributed by atoms with E-state index < -0.39 is 43.9 Å². The van der Waals surface area contributed by atoms with Crippen molar-refractivity contribution in [3.63, 3.8) is 0 Å². The smallest absolute Gasteiger partial charge is 0.382 e. The number of carbonyl (C=O) groups is 1. The zero-order valence-corrected chi connectivity index (χ0v) is 20.9. The second-order valence-corrected chi connectivity index (χ2v) is 14.9. The molecule has 1 heterocycles. The first kappa shape index (κ1) is 25.5. The predicted octanol–water partition coefficient (Wildman–Crippen LogP) is 6.25. The van der Waals surface area contributed by atoms with E-state index in [9.17, 15) is 18.0 Å². The fourth-order valence-corrected chi connectivity index (χ4v) is 5.36. The summed E-state index contributed by atoms with van der Waals surface area (Å²) in [6.45, 7) is 10.4. The topological polar surface area (TPSA) is 38.8 Å². The van der Waals surface area contributed by atoms with Crippen LogP contribution in [0.2, 0.25) is 19.6 Å². The maximum absolute atomic E-state index is 14.9. The van der Waals surface area contributed by atoms with Crippen molar-refractivity contribution in [2.45, 2.75) is 71.1 Å². The molecule has 1 amide bonds. The average molecular weight is 480 g/mol. The highest BCUT2D eigenvalue weighted by Gasteiger charge is 2.72. The fraction of sp³-hybridized carbons (Fsp3) is 0.480. The van der Waals surface area contributed by atoms with Gasteiger partial charge in [0.15, 0.2) is 8.32 Å². The number of amides is 1. The molecule has 1 fully saturated rings. The first-order valence-electron chi connectivity index (χ1n) is 11.0. The number of ether oxygens (including phenoxy) is 1. The van der Waals surface area contributed by atoms with Crippen LogP contribution >= 0.6 is 0 Å². The van der Waals surface area contributed by atoms with Crippen molar-refractivity contribution < 1.29 is 27.1 Å². The molecule has 4 nitrogen and oxygen atoms in total. The van der Waals surface area contributed by atoms with E-state index in [2.05, 4.69) is 0 Å². The van der Waals surface area contributed by atoms with E-state index >= 15 is 0 Å². The summed E-state index contributed by atoms with van der Waals surface area (Å²) >= 11 is 0. The van der Waals surface area contributed by atoms with Gasteiger partial charge in [-0.2, -0.15) is 13.2 Å². The number of alkyl halides is 3. The maximum Gasteiger partial charge on any atom is 0.444 e. The second kappa shape index (κ2) is 8.89. The van der Waals surface area contributed by atoms with Gasteiger partial charge in [0.2, 0.25) is 0 Å². The lowest BCUT2D eigenvalue weighted by Gasteiger charge is -2.41. The number of hydrogen-bond donors (Lipinski definition) is 0. The summed E-state index contributed by atoms with van der Waals surface area (Å²) in [4.78, 5) is 15.0. The molecule has 0 radical (unpaired) electrons. The minimum absolute atomic E-state index is 0.0595. The van der Waals surface area contributed by atoms with Crippen LogP contribution in [0, 0.1) is 5.41 Å². The quantitative estimate of drug-likeness (QED) is 0.476. The third-order valence-electron chi connectivity index (χ3n) is 5.43. The van der Waals surface area contributed by atoms with Gasteiger partial charge < -0.3 is 14.1 Å². The van der Waals surface area contributed by atoms with Crippen LogP contribution in [0.25, 0.3) is 0 Å². The van der Waals surface area contributed by atoms with Crippen LogP contribution in [0.5, 0.6) is 0 Å². The molecule has 2 aromatic carbocycles. The van der Waals surface area contributed by atoms with E-state index in [-0.39, 0.29) is 6.42 Å². The number of benzene rings is 2. The molecule has 1 aliphatic rings. The Hall–Kier alpha value is -2.16. The van der Waals surface area contributed by atoms with Crippen molar-refractivity contribution in [3.05, 3.63) is 71.8 Å².